The highest BCUT2D eigenvalue weighted by Gasteiger charge is 2.20. The number of hydrogen-bond donors (Lipinski definition) is 1. The van der Waals surface area contributed by atoms with Gasteiger partial charge in [-0.25, -0.2) is 4.79 Å². The fourth-order valence-electron chi connectivity index (χ4n) is 2.26. The molecule has 0 aliphatic rings. The molecule has 1 N–H and O–H groups in total. The highest BCUT2D eigenvalue weighted by molar-refractivity contribution is 5.96. The van der Waals surface area contributed by atoms with Crippen molar-refractivity contribution in [3.05, 3.63) is 58.1 Å². The summed E-state index contributed by atoms with van der Waals surface area (Å²) >= 11 is 0. The SMILES string of the molecule is COc1ccc(NC(=O)COC(=O)c2ccc(N(C)C)c([N+](=O)[O-])c2)cc1. The number of nitrogens with one attached hydrogen (secondary N) is 1. The molecule has 9 nitrogen and oxygen atoms in total. The Bertz CT molecular complexity index is 849. The van der Waals surface area contributed by atoms with E-state index >= 15 is 0 Å². The summed E-state index contributed by atoms with van der Waals surface area (Å²) in [7, 11) is 4.84. The summed E-state index contributed by atoms with van der Waals surface area (Å²) in [5, 5.41) is 13.7. The van der Waals surface area contributed by atoms with Crippen molar-refractivity contribution in [2.45, 2.75) is 0 Å². The van der Waals surface area contributed by atoms with Crippen molar-refractivity contribution in [2.75, 3.05) is 38.0 Å². The van der Waals surface area contributed by atoms with E-state index < -0.39 is 23.4 Å². The Morgan fingerprint density at radius 1 is 1.15 bits per heavy atom. The van der Waals surface area contributed by atoms with E-state index in [9.17, 15) is 19.7 Å². The zero-order valence-corrected chi connectivity index (χ0v) is 15.1. The van der Waals surface area contributed by atoms with Crippen LogP contribution in [0.15, 0.2) is 42.5 Å². The Balaban J connectivity index is 1.99. The average Bonchev–Trinajstić information content (AvgIpc) is 2.66. The fraction of sp³-hybridized carbons (Fsp3) is 0.222. The normalized spacial score (nSPS) is 10.0. The molecule has 142 valence electrons. The van der Waals surface area contributed by atoms with Gasteiger partial charge in [0.2, 0.25) is 0 Å². The van der Waals surface area contributed by atoms with E-state index in [1.807, 2.05) is 0 Å². The third kappa shape index (κ3) is 5.18. The molecule has 0 heterocycles. The molecule has 0 aliphatic carbocycles. The minimum absolute atomic E-state index is 0.00968. The number of nitro groups is 1. The molecule has 0 spiro atoms. The lowest BCUT2D eigenvalue weighted by Gasteiger charge is -2.13. The van der Waals surface area contributed by atoms with Gasteiger partial charge in [0.25, 0.3) is 11.6 Å². The van der Waals surface area contributed by atoms with E-state index in [2.05, 4.69) is 5.32 Å². The van der Waals surface area contributed by atoms with Gasteiger partial charge in [-0.05, 0) is 36.4 Å². The third-order valence-corrected chi connectivity index (χ3v) is 3.60. The van der Waals surface area contributed by atoms with Gasteiger partial charge < -0.3 is 19.7 Å². The van der Waals surface area contributed by atoms with Gasteiger partial charge in [0.15, 0.2) is 6.61 Å². The third-order valence-electron chi connectivity index (χ3n) is 3.60. The molecule has 0 atom stereocenters. The maximum absolute atomic E-state index is 12.1. The maximum atomic E-state index is 12.1. The number of benzene rings is 2. The van der Waals surface area contributed by atoms with E-state index in [1.54, 1.807) is 43.3 Å². The van der Waals surface area contributed by atoms with Gasteiger partial charge in [-0.15, -0.1) is 0 Å². The van der Waals surface area contributed by atoms with Crippen LogP contribution in [0.25, 0.3) is 0 Å². The van der Waals surface area contributed by atoms with Crippen LogP contribution in [0, 0.1) is 10.1 Å². The number of carbonyl (C=O) groups is 2. The second-order valence-electron chi connectivity index (χ2n) is 5.71. The lowest BCUT2D eigenvalue weighted by molar-refractivity contribution is -0.384. The van der Waals surface area contributed by atoms with E-state index in [0.717, 1.165) is 6.07 Å². The molecule has 1 amide bonds. The monoisotopic (exact) mass is 373 g/mol. The molecule has 0 aromatic heterocycles. The number of anilines is 2. The first kappa shape index (κ1) is 19.7. The van der Waals surface area contributed by atoms with Crippen LogP contribution >= 0.6 is 0 Å². The Hall–Kier alpha value is -3.62. The number of methoxy groups -OCH3 is 1. The summed E-state index contributed by atoms with van der Waals surface area (Å²) in [4.78, 5) is 36.1. The highest BCUT2D eigenvalue weighted by atomic mass is 16.6. The van der Waals surface area contributed by atoms with Crippen molar-refractivity contribution < 1.29 is 24.0 Å². The Morgan fingerprint density at radius 2 is 1.81 bits per heavy atom. The van der Waals surface area contributed by atoms with Crippen molar-refractivity contribution >= 4 is 28.9 Å². The van der Waals surface area contributed by atoms with Crippen molar-refractivity contribution in [3.8, 4) is 5.75 Å². The van der Waals surface area contributed by atoms with Crippen LogP contribution in [0.3, 0.4) is 0 Å². The lowest BCUT2D eigenvalue weighted by atomic mass is 10.1. The van der Waals surface area contributed by atoms with Crippen LogP contribution in [0.1, 0.15) is 10.4 Å². The van der Waals surface area contributed by atoms with Gasteiger partial charge in [0, 0.05) is 25.8 Å². The molecular weight excluding hydrogens is 354 g/mol. The number of carbonyl (C=O) groups excluding carboxylic acids is 2. The first-order chi connectivity index (χ1) is 12.8. The number of rotatable bonds is 7. The van der Waals surface area contributed by atoms with E-state index in [4.69, 9.17) is 9.47 Å². The van der Waals surface area contributed by atoms with Crippen LogP contribution in [0.5, 0.6) is 5.75 Å². The second-order valence-corrected chi connectivity index (χ2v) is 5.71. The minimum atomic E-state index is -0.826. The molecule has 0 saturated heterocycles. The van der Waals surface area contributed by atoms with Gasteiger partial charge in [-0.3, -0.25) is 14.9 Å². The van der Waals surface area contributed by atoms with Crippen molar-refractivity contribution in [1.82, 2.24) is 0 Å². The molecule has 0 saturated carbocycles. The van der Waals surface area contributed by atoms with Crippen molar-refractivity contribution in [2.24, 2.45) is 0 Å². The Labute approximate surface area is 155 Å². The van der Waals surface area contributed by atoms with E-state index in [0.29, 0.717) is 17.1 Å². The van der Waals surface area contributed by atoms with Gasteiger partial charge in [-0.2, -0.15) is 0 Å². The topological polar surface area (TPSA) is 111 Å². The lowest BCUT2D eigenvalue weighted by Crippen LogP contribution is -2.21. The van der Waals surface area contributed by atoms with Gasteiger partial charge >= 0.3 is 5.97 Å². The largest absolute Gasteiger partial charge is 0.497 e. The Morgan fingerprint density at radius 3 is 2.37 bits per heavy atom. The molecule has 0 unspecified atom stereocenters. The average molecular weight is 373 g/mol. The number of amides is 1. The van der Waals surface area contributed by atoms with Gasteiger partial charge in [0.05, 0.1) is 17.6 Å². The number of nitro benzene ring substituents is 1. The molecule has 0 bridgehead atoms. The summed E-state index contributed by atoms with van der Waals surface area (Å²) < 4.78 is 9.95. The van der Waals surface area contributed by atoms with Crippen LogP contribution in [-0.4, -0.2) is 44.6 Å². The molecule has 0 radical (unpaired) electrons. The van der Waals surface area contributed by atoms with Crippen molar-refractivity contribution in [3.63, 3.8) is 0 Å². The molecule has 27 heavy (non-hydrogen) atoms. The van der Waals surface area contributed by atoms with Crippen molar-refractivity contribution in [1.29, 1.82) is 0 Å². The van der Waals surface area contributed by atoms with Crippen LogP contribution in [0.2, 0.25) is 0 Å². The number of ether oxygens (including phenoxy) is 2. The molecule has 0 fully saturated rings. The first-order valence-electron chi connectivity index (χ1n) is 7.88. The summed E-state index contributed by atoms with van der Waals surface area (Å²) in [5.41, 5.74) is 0.637. The zero-order chi connectivity index (χ0) is 20.0. The maximum Gasteiger partial charge on any atom is 0.338 e. The molecule has 9 heteroatoms. The number of esters is 1. The summed E-state index contributed by atoms with van der Waals surface area (Å²) in [5.74, 6) is -0.719. The molecule has 2 rings (SSSR count). The van der Waals surface area contributed by atoms with Crippen LogP contribution in [-0.2, 0) is 9.53 Å². The summed E-state index contributed by atoms with van der Waals surface area (Å²) in [6.07, 6.45) is 0. The van der Waals surface area contributed by atoms with E-state index in [1.165, 1.54) is 19.2 Å². The highest BCUT2D eigenvalue weighted by Crippen LogP contribution is 2.28. The molecular formula is C18H19N3O6. The standard InChI is InChI=1S/C18H19N3O6/c1-20(2)15-9-4-12(10-16(15)21(24)25)18(23)27-11-17(22)19-13-5-7-14(26-3)8-6-13/h4-10H,11H2,1-3H3,(H,19,22). The summed E-state index contributed by atoms with van der Waals surface area (Å²) in [6.45, 7) is -0.520. The number of hydrogen-bond acceptors (Lipinski definition) is 7. The summed E-state index contributed by atoms with van der Waals surface area (Å²) in [6, 6.07) is 10.6. The Kier molecular flexibility index (Phi) is 6.32. The molecule has 0 aliphatic heterocycles. The predicted molar refractivity (Wildman–Crippen MR) is 99.3 cm³/mol. The second kappa shape index (κ2) is 8.65. The van der Waals surface area contributed by atoms with Crippen LogP contribution in [0.4, 0.5) is 17.1 Å². The molecule has 2 aromatic carbocycles. The quantitative estimate of drug-likeness (QED) is 0.451. The predicted octanol–water partition coefficient (Wildman–Crippen LogP) is 2.46. The van der Waals surface area contributed by atoms with E-state index in [-0.39, 0.29) is 11.3 Å². The van der Waals surface area contributed by atoms with Crippen LogP contribution < -0.4 is 15.0 Å². The van der Waals surface area contributed by atoms with Gasteiger partial charge in [0.1, 0.15) is 11.4 Å². The number of nitrogens with zero attached hydrogens (tertiary/aromatic N) is 2. The zero-order valence-electron chi connectivity index (χ0n) is 15.1. The smallest absolute Gasteiger partial charge is 0.338 e. The minimum Gasteiger partial charge on any atom is -0.497 e. The van der Waals surface area contributed by atoms with Gasteiger partial charge in [-0.1, -0.05) is 0 Å². The fourth-order valence-corrected chi connectivity index (χ4v) is 2.26. The first-order valence-corrected chi connectivity index (χ1v) is 7.88. The molecule has 2 aromatic rings.